The second-order valence-electron chi connectivity index (χ2n) is 4.52. The van der Waals surface area contributed by atoms with Crippen LogP contribution in [-0.4, -0.2) is 57.6 Å². The molecule has 0 bridgehead atoms. The Bertz CT molecular complexity index is 445. The van der Waals surface area contributed by atoms with Gasteiger partial charge < -0.3 is 14.2 Å². The minimum absolute atomic E-state index is 0. The fourth-order valence-corrected chi connectivity index (χ4v) is 2.02. The van der Waals surface area contributed by atoms with Crippen molar-refractivity contribution in [3.8, 4) is 11.8 Å². The molecular weight excluding hydrogens is 292 g/mol. The molecule has 0 aromatic heterocycles. The van der Waals surface area contributed by atoms with Crippen molar-refractivity contribution >= 4 is 12.4 Å². The number of nitrogens with zero attached hydrogens (tertiary/aromatic N) is 2. The number of benzene rings is 1. The number of hydrogen-bond acceptors (Lipinski definition) is 5. The van der Waals surface area contributed by atoms with Crippen molar-refractivity contribution < 1.29 is 14.2 Å². The second-order valence-corrected chi connectivity index (χ2v) is 4.52. The van der Waals surface area contributed by atoms with Crippen molar-refractivity contribution in [3.63, 3.8) is 0 Å². The zero-order valence-corrected chi connectivity index (χ0v) is 12.8. The summed E-state index contributed by atoms with van der Waals surface area (Å²) in [6.45, 7) is 6.21. The minimum Gasteiger partial charge on any atom is -0.490 e. The molecule has 1 aliphatic rings. The number of halogens is 1. The van der Waals surface area contributed by atoms with E-state index in [0.29, 0.717) is 31.1 Å². The van der Waals surface area contributed by atoms with Gasteiger partial charge in [0.25, 0.3) is 0 Å². The summed E-state index contributed by atoms with van der Waals surface area (Å²) in [5.74, 6) is 0.617. The molecule has 1 fully saturated rings. The molecule has 0 spiro atoms. The van der Waals surface area contributed by atoms with Gasteiger partial charge in [0, 0.05) is 19.6 Å². The Morgan fingerprint density at radius 2 is 1.90 bits per heavy atom. The predicted octanol–water partition coefficient (Wildman–Crippen LogP) is 1.71. The highest BCUT2D eigenvalue weighted by Crippen LogP contribution is 2.16. The van der Waals surface area contributed by atoms with E-state index < -0.39 is 0 Å². The third-order valence-corrected chi connectivity index (χ3v) is 3.15. The lowest BCUT2D eigenvalue weighted by atomic mass is 10.2. The van der Waals surface area contributed by atoms with Gasteiger partial charge in [-0.2, -0.15) is 5.26 Å². The van der Waals surface area contributed by atoms with Crippen molar-refractivity contribution in [2.24, 2.45) is 0 Å². The first-order valence-electron chi connectivity index (χ1n) is 6.90. The van der Waals surface area contributed by atoms with E-state index >= 15 is 0 Å². The summed E-state index contributed by atoms with van der Waals surface area (Å²) < 4.78 is 16.4. The maximum atomic E-state index is 8.93. The van der Waals surface area contributed by atoms with Crippen LogP contribution in [0.4, 0.5) is 0 Å². The molecule has 21 heavy (non-hydrogen) atoms. The standard InChI is InChI=1S/C15H20N2O3.ClH/c16-13-14-3-1-2-4-15(14)20-12-11-19-10-7-17-5-8-18-9-6-17;/h1-4H,5-12H2;1H. The van der Waals surface area contributed by atoms with Gasteiger partial charge in [-0.25, -0.2) is 0 Å². The molecule has 1 saturated heterocycles. The van der Waals surface area contributed by atoms with E-state index in [1.807, 2.05) is 12.1 Å². The van der Waals surface area contributed by atoms with E-state index in [1.165, 1.54) is 0 Å². The fourth-order valence-electron chi connectivity index (χ4n) is 2.02. The van der Waals surface area contributed by atoms with Gasteiger partial charge >= 0.3 is 0 Å². The van der Waals surface area contributed by atoms with Crippen LogP contribution in [0.25, 0.3) is 0 Å². The number of rotatable bonds is 7. The van der Waals surface area contributed by atoms with Crippen LogP contribution in [0.5, 0.6) is 5.75 Å². The number of nitriles is 1. The molecule has 1 aliphatic heterocycles. The molecule has 0 saturated carbocycles. The van der Waals surface area contributed by atoms with E-state index in [-0.39, 0.29) is 12.4 Å². The molecule has 6 heteroatoms. The first kappa shape index (κ1) is 17.7. The molecule has 0 amide bonds. The van der Waals surface area contributed by atoms with Crippen molar-refractivity contribution in [1.29, 1.82) is 5.26 Å². The van der Waals surface area contributed by atoms with Gasteiger partial charge in [0.1, 0.15) is 18.4 Å². The van der Waals surface area contributed by atoms with Crippen LogP contribution in [-0.2, 0) is 9.47 Å². The molecule has 0 aliphatic carbocycles. The lowest BCUT2D eigenvalue weighted by Crippen LogP contribution is -2.38. The molecule has 0 radical (unpaired) electrons. The number of ether oxygens (including phenoxy) is 3. The fraction of sp³-hybridized carbons (Fsp3) is 0.533. The van der Waals surface area contributed by atoms with Crippen molar-refractivity contribution in [1.82, 2.24) is 4.90 Å². The number of hydrogen-bond donors (Lipinski definition) is 0. The third-order valence-electron chi connectivity index (χ3n) is 3.15. The molecular formula is C15H21ClN2O3. The highest BCUT2D eigenvalue weighted by Gasteiger charge is 2.09. The topological polar surface area (TPSA) is 54.7 Å². The Labute approximate surface area is 131 Å². The zero-order chi connectivity index (χ0) is 14.0. The lowest BCUT2D eigenvalue weighted by Gasteiger charge is -2.26. The Balaban J connectivity index is 0.00000220. The van der Waals surface area contributed by atoms with Gasteiger partial charge in [0.2, 0.25) is 0 Å². The van der Waals surface area contributed by atoms with Crippen LogP contribution in [0.1, 0.15) is 5.56 Å². The highest BCUT2D eigenvalue weighted by molar-refractivity contribution is 5.85. The molecule has 0 N–H and O–H groups in total. The molecule has 0 unspecified atom stereocenters. The molecule has 0 atom stereocenters. The molecule has 5 nitrogen and oxygen atoms in total. The van der Waals surface area contributed by atoms with Gasteiger partial charge in [-0.3, -0.25) is 4.90 Å². The smallest absolute Gasteiger partial charge is 0.137 e. The van der Waals surface area contributed by atoms with Crippen LogP contribution < -0.4 is 4.74 Å². The Morgan fingerprint density at radius 1 is 1.14 bits per heavy atom. The van der Waals surface area contributed by atoms with Crippen LogP contribution in [0, 0.1) is 11.3 Å². The molecule has 1 aromatic carbocycles. The lowest BCUT2D eigenvalue weighted by molar-refractivity contribution is 0.0170. The molecule has 2 rings (SSSR count). The maximum absolute atomic E-state index is 8.93. The summed E-state index contributed by atoms with van der Waals surface area (Å²) in [6, 6.07) is 9.33. The van der Waals surface area contributed by atoms with E-state index in [4.69, 9.17) is 19.5 Å². The minimum atomic E-state index is 0. The van der Waals surface area contributed by atoms with Gasteiger partial charge in [-0.15, -0.1) is 12.4 Å². The second kappa shape index (κ2) is 10.4. The summed E-state index contributed by atoms with van der Waals surface area (Å²) in [4.78, 5) is 2.33. The largest absolute Gasteiger partial charge is 0.490 e. The average Bonchev–Trinajstić information content (AvgIpc) is 2.52. The molecule has 116 valence electrons. The van der Waals surface area contributed by atoms with E-state index in [9.17, 15) is 0 Å². The van der Waals surface area contributed by atoms with Gasteiger partial charge in [0.05, 0.1) is 32.0 Å². The van der Waals surface area contributed by atoms with E-state index in [2.05, 4.69) is 11.0 Å². The monoisotopic (exact) mass is 312 g/mol. The average molecular weight is 313 g/mol. The number of para-hydroxylation sites is 1. The van der Waals surface area contributed by atoms with Crippen LogP contribution in [0.3, 0.4) is 0 Å². The summed E-state index contributed by atoms with van der Waals surface area (Å²) in [7, 11) is 0. The van der Waals surface area contributed by atoms with Crippen molar-refractivity contribution in [3.05, 3.63) is 29.8 Å². The summed E-state index contributed by atoms with van der Waals surface area (Å²) >= 11 is 0. The third kappa shape index (κ3) is 6.32. The first-order valence-corrected chi connectivity index (χ1v) is 6.90. The van der Waals surface area contributed by atoms with E-state index in [1.54, 1.807) is 12.1 Å². The zero-order valence-electron chi connectivity index (χ0n) is 12.0. The van der Waals surface area contributed by atoms with Crippen LogP contribution in [0.15, 0.2) is 24.3 Å². The highest BCUT2D eigenvalue weighted by atomic mass is 35.5. The quantitative estimate of drug-likeness (QED) is 0.717. The van der Waals surface area contributed by atoms with Crippen LogP contribution in [0.2, 0.25) is 0 Å². The summed E-state index contributed by atoms with van der Waals surface area (Å²) in [6.07, 6.45) is 0. The van der Waals surface area contributed by atoms with Gasteiger partial charge in [-0.1, -0.05) is 12.1 Å². The Kier molecular flexibility index (Phi) is 8.79. The first-order chi connectivity index (χ1) is 9.90. The Morgan fingerprint density at radius 3 is 2.67 bits per heavy atom. The van der Waals surface area contributed by atoms with Crippen molar-refractivity contribution in [2.45, 2.75) is 0 Å². The Hall–Kier alpha value is -1.32. The van der Waals surface area contributed by atoms with Gasteiger partial charge in [-0.05, 0) is 12.1 Å². The molecule has 1 heterocycles. The molecule has 1 aromatic rings. The summed E-state index contributed by atoms with van der Waals surface area (Å²) in [5.41, 5.74) is 0.556. The predicted molar refractivity (Wildman–Crippen MR) is 82.0 cm³/mol. The normalized spacial score (nSPS) is 15.0. The maximum Gasteiger partial charge on any atom is 0.137 e. The SMILES string of the molecule is Cl.N#Cc1ccccc1OCCOCCN1CCOCC1. The van der Waals surface area contributed by atoms with Crippen LogP contribution >= 0.6 is 12.4 Å². The van der Waals surface area contributed by atoms with E-state index in [0.717, 1.165) is 32.8 Å². The summed E-state index contributed by atoms with van der Waals surface area (Å²) in [5, 5.41) is 8.93. The van der Waals surface area contributed by atoms with Gasteiger partial charge in [0.15, 0.2) is 0 Å². The van der Waals surface area contributed by atoms with Crippen molar-refractivity contribution in [2.75, 3.05) is 52.7 Å². The number of morpholine rings is 1.